The van der Waals surface area contributed by atoms with Crippen LogP contribution in [0.3, 0.4) is 0 Å². The van der Waals surface area contributed by atoms with Gasteiger partial charge in [0.05, 0.1) is 0 Å². The molecule has 1 atom stereocenters. The van der Waals surface area contributed by atoms with Gasteiger partial charge in [-0.2, -0.15) is 11.8 Å². The molecule has 1 aliphatic heterocycles. The van der Waals surface area contributed by atoms with Crippen LogP contribution < -0.4 is 10.6 Å². The summed E-state index contributed by atoms with van der Waals surface area (Å²) in [5.74, 6) is 2.32. The second kappa shape index (κ2) is 9.91. The van der Waals surface area contributed by atoms with Crippen LogP contribution in [0, 0.1) is 0 Å². The Labute approximate surface area is 127 Å². The zero-order valence-corrected chi connectivity index (χ0v) is 13.8. The number of piperidine rings is 1. The van der Waals surface area contributed by atoms with Gasteiger partial charge in [-0.05, 0) is 38.2 Å². The van der Waals surface area contributed by atoms with Crippen molar-refractivity contribution in [3.05, 3.63) is 0 Å². The average Bonchev–Trinajstić information content (AvgIpc) is 2.43. The number of hydrogen-bond acceptors (Lipinski definition) is 3. The predicted molar refractivity (Wildman–Crippen MR) is 87.4 cm³/mol. The van der Waals surface area contributed by atoms with Gasteiger partial charge in [0.2, 0.25) is 5.91 Å². The summed E-state index contributed by atoms with van der Waals surface area (Å²) in [4.78, 5) is 17.9. The van der Waals surface area contributed by atoms with E-state index in [1.165, 1.54) is 12.2 Å². The van der Waals surface area contributed by atoms with Crippen molar-refractivity contribution in [3.63, 3.8) is 0 Å². The lowest BCUT2D eigenvalue weighted by atomic mass is 10.1. The molecule has 1 aliphatic rings. The smallest absolute Gasteiger partial charge is 0.222 e. The van der Waals surface area contributed by atoms with Gasteiger partial charge in [-0.25, -0.2) is 0 Å². The van der Waals surface area contributed by atoms with Crippen molar-refractivity contribution in [1.29, 1.82) is 0 Å². The van der Waals surface area contributed by atoms with Crippen LogP contribution in [0.4, 0.5) is 0 Å². The van der Waals surface area contributed by atoms with Gasteiger partial charge < -0.3 is 15.5 Å². The minimum Gasteiger partial charge on any atom is -0.357 e. The van der Waals surface area contributed by atoms with E-state index < -0.39 is 0 Å². The van der Waals surface area contributed by atoms with Gasteiger partial charge in [0.25, 0.3) is 0 Å². The van der Waals surface area contributed by atoms with E-state index in [0.29, 0.717) is 12.5 Å². The van der Waals surface area contributed by atoms with Crippen LogP contribution in [-0.2, 0) is 4.79 Å². The molecule has 1 saturated heterocycles. The number of likely N-dealkylation sites (tertiary alicyclic amines) is 1. The summed E-state index contributed by atoms with van der Waals surface area (Å²) < 4.78 is 0. The Morgan fingerprint density at radius 2 is 2.30 bits per heavy atom. The fourth-order valence-electron chi connectivity index (χ4n) is 2.19. The Balaban J connectivity index is 2.37. The fourth-order valence-corrected chi connectivity index (χ4v) is 2.69. The fraction of sp³-hybridized carbons (Fsp3) is 0.857. The van der Waals surface area contributed by atoms with Crippen LogP contribution in [0.2, 0.25) is 0 Å². The van der Waals surface area contributed by atoms with Crippen LogP contribution >= 0.6 is 11.8 Å². The van der Waals surface area contributed by atoms with Crippen LogP contribution in [0.15, 0.2) is 4.99 Å². The van der Waals surface area contributed by atoms with E-state index in [9.17, 15) is 4.79 Å². The Bertz CT molecular complexity index is 322. The lowest BCUT2D eigenvalue weighted by Crippen LogP contribution is -2.51. The molecule has 0 aromatic heterocycles. The van der Waals surface area contributed by atoms with Crippen molar-refractivity contribution in [1.82, 2.24) is 15.5 Å². The number of likely N-dealkylation sites (N-methyl/N-ethyl adjacent to an activating group) is 1. The molecular formula is C14H28N4OS. The highest BCUT2D eigenvalue weighted by molar-refractivity contribution is 7.98. The molecule has 1 unspecified atom stereocenters. The Hall–Kier alpha value is -0.910. The maximum Gasteiger partial charge on any atom is 0.222 e. The summed E-state index contributed by atoms with van der Waals surface area (Å²) in [5, 5.41) is 6.72. The molecule has 0 aromatic carbocycles. The Morgan fingerprint density at radius 3 is 2.95 bits per heavy atom. The standard InChI is InChI=1S/C14H28N4OS/c1-4-15-14(16-9-5-6-10-20-3)17-12-7-8-13(19)18(2)11-12/h12H,4-11H2,1-3H3,(H2,15,16,17). The molecule has 116 valence electrons. The molecule has 5 nitrogen and oxygen atoms in total. The van der Waals surface area contributed by atoms with Crippen molar-refractivity contribution in [3.8, 4) is 0 Å². The number of unbranched alkanes of at least 4 members (excludes halogenated alkanes) is 1. The molecule has 0 aromatic rings. The van der Waals surface area contributed by atoms with Crippen molar-refractivity contribution < 1.29 is 4.79 Å². The number of hydrogen-bond donors (Lipinski definition) is 2. The molecule has 0 radical (unpaired) electrons. The topological polar surface area (TPSA) is 56.7 Å². The van der Waals surface area contributed by atoms with Crippen LogP contribution in [0.1, 0.15) is 32.6 Å². The van der Waals surface area contributed by atoms with E-state index in [2.05, 4.69) is 28.8 Å². The molecule has 20 heavy (non-hydrogen) atoms. The van der Waals surface area contributed by atoms with Crippen LogP contribution in [-0.4, -0.2) is 61.5 Å². The van der Waals surface area contributed by atoms with Crippen molar-refractivity contribution >= 4 is 23.6 Å². The Morgan fingerprint density at radius 1 is 1.50 bits per heavy atom. The predicted octanol–water partition coefficient (Wildman–Crippen LogP) is 1.31. The number of nitrogens with one attached hydrogen (secondary N) is 2. The second-order valence-electron chi connectivity index (χ2n) is 5.11. The normalized spacial score (nSPS) is 20.1. The van der Waals surface area contributed by atoms with Crippen LogP contribution in [0.25, 0.3) is 0 Å². The molecule has 0 aliphatic carbocycles. The van der Waals surface area contributed by atoms with Crippen molar-refractivity contribution in [2.24, 2.45) is 4.99 Å². The summed E-state index contributed by atoms with van der Waals surface area (Å²) in [6, 6.07) is 0.307. The number of aliphatic imine (C=N–C) groups is 1. The van der Waals surface area contributed by atoms with E-state index in [-0.39, 0.29) is 5.91 Å². The van der Waals surface area contributed by atoms with Crippen molar-refractivity contribution in [2.45, 2.75) is 38.6 Å². The number of guanidine groups is 1. The highest BCUT2D eigenvalue weighted by Gasteiger charge is 2.23. The third-order valence-corrected chi connectivity index (χ3v) is 4.04. The van der Waals surface area contributed by atoms with Crippen molar-refractivity contribution in [2.75, 3.05) is 38.7 Å². The number of rotatable bonds is 7. The highest BCUT2D eigenvalue weighted by atomic mass is 32.2. The molecule has 0 bridgehead atoms. The number of amides is 1. The third-order valence-electron chi connectivity index (χ3n) is 3.34. The SMILES string of the molecule is CCNC(=NCCCCSC)NC1CCC(=O)N(C)C1. The summed E-state index contributed by atoms with van der Waals surface area (Å²) in [7, 11) is 1.86. The molecule has 0 saturated carbocycles. The van der Waals surface area contributed by atoms with Gasteiger partial charge in [-0.1, -0.05) is 0 Å². The first-order valence-electron chi connectivity index (χ1n) is 7.45. The first-order valence-corrected chi connectivity index (χ1v) is 8.84. The lowest BCUT2D eigenvalue weighted by molar-refractivity contribution is -0.132. The first kappa shape index (κ1) is 17.1. The van der Waals surface area contributed by atoms with E-state index in [4.69, 9.17) is 0 Å². The molecule has 1 fully saturated rings. The summed E-state index contributed by atoms with van der Waals surface area (Å²) in [5.41, 5.74) is 0. The number of carbonyl (C=O) groups is 1. The summed E-state index contributed by atoms with van der Waals surface area (Å²) in [6.07, 6.45) is 5.99. The van der Waals surface area contributed by atoms with Gasteiger partial charge in [0.15, 0.2) is 5.96 Å². The molecule has 2 N–H and O–H groups in total. The highest BCUT2D eigenvalue weighted by Crippen LogP contribution is 2.09. The number of carbonyl (C=O) groups excluding carboxylic acids is 1. The van der Waals surface area contributed by atoms with Gasteiger partial charge in [-0.15, -0.1) is 0 Å². The Kier molecular flexibility index (Phi) is 8.49. The molecule has 1 amide bonds. The summed E-state index contributed by atoms with van der Waals surface area (Å²) >= 11 is 1.88. The minimum atomic E-state index is 0.238. The second-order valence-corrected chi connectivity index (χ2v) is 6.10. The van der Waals surface area contributed by atoms with E-state index in [1.54, 1.807) is 4.90 Å². The maximum absolute atomic E-state index is 11.5. The van der Waals surface area contributed by atoms with Gasteiger partial charge in [0, 0.05) is 39.1 Å². The average molecular weight is 300 g/mol. The third kappa shape index (κ3) is 6.50. The van der Waals surface area contributed by atoms with Gasteiger partial charge in [-0.3, -0.25) is 9.79 Å². The first-order chi connectivity index (χ1) is 9.67. The molecule has 6 heteroatoms. The number of thioether (sulfide) groups is 1. The number of nitrogens with zero attached hydrogens (tertiary/aromatic N) is 2. The largest absolute Gasteiger partial charge is 0.357 e. The lowest BCUT2D eigenvalue weighted by Gasteiger charge is -2.31. The molecular weight excluding hydrogens is 272 g/mol. The van der Waals surface area contributed by atoms with E-state index in [1.807, 2.05) is 18.8 Å². The maximum atomic E-state index is 11.5. The van der Waals surface area contributed by atoms with Gasteiger partial charge in [0.1, 0.15) is 0 Å². The monoisotopic (exact) mass is 300 g/mol. The molecule has 1 heterocycles. The zero-order valence-electron chi connectivity index (χ0n) is 12.9. The zero-order chi connectivity index (χ0) is 14.8. The molecule has 1 rings (SSSR count). The van der Waals surface area contributed by atoms with E-state index in [0.717, 1.165) is 38.4 Å². The van der Waals surface area contributed by atoms with Crippen LogP contribution in [0.5, 0.6) is 0 Å². The van der Waals surface area contributed by atoms with E-state index >= 15 is 0 Å². The quantitative estimate of drug-likeness (QED) is 0.423. The molecule has 0 spiro atoms. The minimum absolute atomic E-state index is 0.238. The van der Waals surface area contributed by atoms with Gasteiger partial charge >= 0.3 is 0 Å². The summed E-state index contributed by atoms with van der Waals surface area (Å²) in [6.45, 7) is 4.55.